The van der Waals surface area contributed by atoms with Gasteiger partial charge in [0.1, 0.15) is 11.4 Å². The van der Waals surface area contributed by atoms with Gasteiger partial charge >= 0.3 is 5.97 Å². The van der Waals surface area contributed by atoms with E-state index in [-0.39, 0.29) is 5.75 Å². The molecule has 0 bridgehead atoms. The van der Waals surface area contributed by atoms with Crippen LogP contribution in [0.3, 0.4) is 0 Å². The van der Waals surface area contributed by atoms with E-state index in [1.165, 1.54) is 7.11 Å². The Morgan fingerprint density at radius 2 is 2.12 bits per heavy atom. The number of carbonyl (C=O) groups is 1. The molecule has 84 valence electrons. The number of methoxy groups -OCH3 is 1. The van der Waals surface area contributed by atoms with E-state index < -0.39 is 5.97 Å². The Morgan fingerprint density at radius 1 is 1.44 bits per heavy atom. The minimum Gasteiger partial charge on any atom is -0.507 e. The van der Waals surface area contributed by atoms with Crippen LogP contribution in [0.4, 0.5) is 0 Å². The number of carbonyl (C=O) groups excluding carboxylic acids is 1. The summed E-state index contributed by atoms with van der Waals surface area (Å²) in [5, 5.41) is 10.4. The van der Waals surface area contributed by atoms with Crippen LogP contribution in [0.5, 0.6) is 5.75 Å². The molecular weight excluding hydrogens is 206 g/mol. The van der Waals surface area contributed by atoms with Gasteiger partial charge in [-0.15, -0.1) is 0 Å². The van der Waals surface area contributed by atoms with Crippen LogP contribution < -0.4 is 0 Å². The topological polar surface area (TPSA) is 51.5 Å². The molecular formula is C12H13NO3. The molecule has 4 heteroatoms. The van der Waals surface area contributed by atoms with Crippen LogP contribution >= 0.6 is 0 Å². The summed E-state index contributed by atoms with van der Waals surface area (Å²) < 4.78 is 6.42. The first-order valence-electron chi connectivity index (χ1n) is 4.92. The number of nitrogens with zero attached hydrogens (tertiary/aromatic N) is 1. The van der Waals surface area contributed by atoms with E-state index in [0.717, 1.165) is 11.1 Å². The molecule has 2 aromatic rings. The van der Waals surface area contributed by atoms with Gasteiger partial charge in [0.2, 0.25) is 0 Å². The highest BCUT2D eigenvalue weighted by Gasteiger charge is 2.16. The number of rotatable bonds is 1. The van der Waals surface area contributed by atoms with E-state index in [2.05, 4.69) is 4.74 Å². The quantitative estimate of drug-likeness (QED) is 0.746. The molecule has 1 aromatic heterocycles. The molecule has 0 unspecified atom stereocenters. The summed E-state index contributed by atoms with van der Waals surface area (Å²) >= 11 is 0. The molecule has 0 fully saturated rings. The third-order valence-electron chi connectivity index (χ3n) is 2.77. The molecule has 0 atom stereocenters. The molecule has 0 aliphatic carbocycles. The molecule has 0 amide bonds. The normalized spacial score (nSPS) is 10.7. The Morgan fingerprint density at radius 3 is 2.69 bits per heavy atom. The summed E-state index contributed by atoms with van der Waals surface area (Å²) in [6.45, 7) is 1.93. The van der Waals surface area contributed by atoms with Crippen LogP contribution in [-0.2, 0) is 11.8 Å². The van der Waals surface area contributed by atoms with Crippen LogP contribution in [-0.4, -0.2) is 22.8 Å². The summed E-state index contributed by atoms with van der Waals surface area (Å²) in [6.07, 6.45) is 0. The van der Waals surface area contributed by atoms with Crippen molar-refractivity contribution >= 4 is 16.9 Å². The fraction of sp³-hybridized carbons (Fsp3) is 0.250. The highest BCUT2D eigenvalue weighted by molar-refractivity contribution is 5.98. The molecule has 1 aromatic carbocycles. The van der Waals surface area contributed by atoms with Gasteiger partial charge in [0.15, 0.2) is 0 Å². The van der Waals surface area contributed by atoms with Crippen LogP contribution in [0.2, 0.25) is 0 Å². The van der Waals surface area contributed by atoms with Crippen LogP contribution in [0.25, 0.3) is 10.9 Å². The molecule has 0 aliphatic rings. The lowest BCUT2D eigenvalue weighted by atomic mass is 10.1. The maximum absolute atomic E-state index is 11.5. The number of fused-ring (bicyclic) bond motifs is 1. The zero-order valence-corrected chi connectivity index (χ0v) is 9.44. The van der Waals surface area contributed by atoms with E-state index in [1.54, 1.807) is 23.7 Å². The minimum absolute atomic E-state index is 0.173. The Hall–Kier alpha value is -1.97. The molecule has 1 heterocycles. The van der Waals surface area contributed by atoms with Crippen molar-refractivity contribution in [2.24, 2.45) is 7.05 Å². The van der Waals surface area contributed by atoms with E-state index in [0.29, 0.717) is 11.1 Å². The van der Waals surface area contributed by atoms with Gasteiger partial charge in [-0.1, -0.05) is 6.07 Å². The SMILES string of the molecule is COC(=O)c1cc2c(O)ccc(C)c2n1C. The van der Waals surface area contributed by atoms with Gasteiger partial charge in [-0.05, 0) is 24.6 Å². The van der Waals surface area contributed by atoms with Gasteiger partial charge in [0, 0.05) is 12.4 Å². The zero-order valence-electron chi connectivity index (χ0n) is 9.44. The van der Waals surface area contributed by atoms with Crippen molar-refractivity contribution in [3.8, 4) is 5.75 Å². The fourth-order valence-corrected chi connectivity index (χ4v) is 1.95. The monoisotopic (exact) mass is 219 g/mol. The summed E-state index contributed by atoms with van der Waals surface area (Å²) in [4.78, 5) is 11.5. The number of phenols is 1. The van der Waals surface area contributed by atoms with Gasteiger partial charge in [-0.3, -0.25) is 0 Å². The highest BCUT2D eigenvalue weighted by Crippen LogP contribution is 2.30. The lowest BCUT2D eigenvalue weighted by Gasteiger charge is -2.04. The Labute approximate surface area is 93.1 Å². The van der Waals surface area contributed by atoms with Crippen molar-refractivity contribution in [2.75, 3.05) is 7.11 Å². The molecule has 16 heavy (non-hydrogen) atoms. The smallest absolute Gasteiger partial charge is 0.354 e. The molecule has 0 radical (unpaired) electrons. The van der Waals surface area contributed by atoms with E-state index in [4.69, 9.17) is 0 Å². The summed E-state index contributed by atoms with van der Waals surface area (Å²) in [5.41, 5.74) is 2.29. The number of esters is 1. The molecule has 2 rings (SSSR count). The van der Waals surface area contributed by atoms with E-state index >= 15 is 0 Å². The number of aromatic hydroxyl groups is 1. The standard InChI is InChI=1S/C12H13NO3/c1-7-4-5-10(14)8-6-9(12(15)16-3)13(2)11(7)8/h4-6,14H,1-3H3. The van der Waals surface area contributed by atoms with Crippen molar-refractivity contribution in [3.63, 3.8) is 0 Å². The predicted molar refractivity (Wildman–Crippen MR) is 60.7 cm³/mol. The lowest BCUT2D eigenvalue weighted by Crippen LogP contribution is -2.07. The van der Waals surface area contributed by atoms with Crippen molar-refractivity contribution in [1.82, 2.24) is 4.57 Å². The number of phenolic OH excluding ortho intramolecular Hbond substituents is 1. The summed E-state index contributed by atoms with van der Waals surface area (Å²) in [7, 11) is 3.12. The third-order valence-corrected chi connectivity index (χ3v) is 2.77. The van der Waals surface area contributed by atoms with Gasteiger partial charge in [-0.25, -0.2) is 4.79 Å². The molecule has 0 aliphatic heterocycles. The number of hydrogen-bond donors (Lipinski definition) is 1. The lowest BCUT2D eigenvalue weighted by molar-refractivity contribution is 0.0590. The average molecular weight is 219 g/mol. The summed E-state index contributed by atoms with van der Waals surface area (Å²) in [6, 6.07) is 5.08. The third kappa shape index (κ3) is 1.34. The first kappa shape index (κ1) is 10.5. The van der Waals surface area contributed by atoms with Gasteiger partial charge in [-0.2, -0.15) is 0 Å². The largest absolute Gasteiger partial charge is 0.507 e. The van der Waals surface area contributed by atoms with E-state index in [9.17, 15) is 9.90 Å². The number of ether oxygens (including phenoxy) is 1. The van der Waals surface area contributed by atoms with Crippen LogP contribution in [0.15, 0.2) is 18.2 Å². The molecule has 1 N–H and O–H groups in total. The molecule has 0 saturated carbocycles. The van der Waals surface area contributed by atoms with Crippen LogP contribution in [0.1, 0.15) is 16.1 Å². The second-order valence-electron chi connectivity index (χ2n) is 3.74. The van der Waals surface area contributed by atoms with Crippen molar-refractivity contribution in [1.29, 1.82) is 0 Å². The first-order chi connectivity index (χ1) is 7.56. The second kappa shape index (κ2) is 3.56. The van der Waals surface area contributed by atoms with E-state index in [1.807, 2.05) is 13.0 Å². The second-order valence-corrected chi connectivity index (χ2v) is 3.74. The van der Waals surface area contributed by atoms with Crippen molar-refractivity contribution in [3.05, 3.63) is 29.5 Å². The maximum atomic E-state index is 11.5. The average Bonchev–Trinajstić information content (AvgIpc) is 2.62. The Kier molecular flexibility index (Phi) is 2.34. The van der Waals surface area contributed by atoms with Gasteiger partial charge in [0.25, 0.3) is 0 Å². The fourth-order valence-electron chi connectivity index (χ4n) is 1.95. The Bertz CT molecular complexity index is 569. The minimum atomic E-state index is -0.405. The number of benzene rings is 1. The van der Waals surface area contributed by atoms with Crippen molar-refractivity contribution in [2.45, 2.75) is 6.92 Å². The number of aromatic nitrogens is 1. The summed E-state index contributed by atoms with van der Waals surface area (Å²) in [5.74, 6) is -0.233. The predicted octanol–water partition coefficient (Wildman–Crippen LogP) is 1.98. The molecule has 0 saturated heterocycles. The number of hydrogen-bond acceptors (Lipinski definition) is 3. The van der Waals surface area contributed by atoms with Crippen LogP contribution in [0, 0.1) is 6.92 Å². The number of aryl methyl sites for hydroxylation is 2. The highest BCUT2D eigenvalue weighted by atomic mass is 16.5. The van der Waals surface area contributed by atoms with Gasteiger partial charge in [0.05, 0.1) is 12.6 Å². The Balaban J connectivity index is 2.82. The molecule has 0 spiro atoms. The van der Waals surface area contributed by atoms with Gasteiger partial charge < -0.3 is 14.4 Å². The zero-order chi connectivity index (χ0) is 11.9. The van der Waals surface area contributed by atoms with Crippen molar-refractivity contribution < 1.29 is 14.6 Å². The first-order valence-corrected chi connectivity index (χ1v) is 4.92. The molecule has 4 nitrogen and oxygen atoms in total. The maximum Gasteiger partial charge on any atom is 0.354 e.